The Kier molecular flexibility index (Phi) is 10.6. The predicted octanol–water partition coefficient (Wildman–Crippen LogP) is 4.76. The second-order valence-corrected chi connectivity index (χ2v) is 12.5. The minimum absolute atomic E-state index is 0.0183. The average Bonchev–Trinajstić information content (AvgIpc) is 2.95. The van der Waals surface area contributed by atoms with Crippen LogP contribution in [0.3, 0.4) is 0 Å². The third-order valence-electron chi connectivity index (χ3n) is 6.42. The molecule has 3 aromatic carbocycles. The van der Waals surface area contributed by atoms with Crippen LogP contribution in [-0.4, -0.2) is 57.5 Å². The Morgan fingerprint density at radius 3 is 2.10 bits per heavy atom. The number of methoxy groups -OCH3 is 2. The smallest absolute Gasteiger partial charge is 0.264 e. The number of hydrogen-bond acceptors (Lipinski definition) is 6. The number of nitrogens with one attached hydrogen (secondary N) is 1. The fourth-order valence-electron chi connectivity index (χ4n) is 4.39. The third-order valence-corrected chi connectivity index (χ3v) is 8.20. The molecule has 0 saturated heterocycles. The van der Waals surface area contributed by atoms with Crippen molar-refractivity contribution in [3.05, 3.63) is 84.2 Å². The second kappa shape index (κ2) is 13.7. The van der Waals surface area contributed by atoms with Crippen LogP contribution in [0.25, 0.3) is 0 Å². The van der Waals surface area contributed by atoms with Gasteiger partial charge in [0.1, 0.15) is 18.4 Å². The van der Waals surface area contributed by atoms with Crippen LogP contribution in [-0.2, 0) is 26.2 Å². The topological polar surface area (TPSA) is 105 Å². The molecule has 9 nitrogen and oxygen atoms in total. The summed E-state index contributed by atoms with van der Waals surface area (Å²) < 4.78 is 53.3. The highest BCUT2D eigenvalue weighted by atomic mass is 32.2. The van der Waals surface area contributed by atoms with Crippen LogP contribution in [0.1, 0.15) is 39.7 Å². The summed E-state index contributed by atoms with van der Waals surface area (Å²) in [6.45, 7) is 6.59. The van der Waals surface area contributed by atoms with E-state index < -0.39 is 39.9 Å². The zero-order valence-electron chi connectivity index (χ0n) is 24.8. The van der Waals surface area contributed by atoms with Crippen molar-refractivity contribution in [1.29, 1.82) is 0 Å². The van der Waals surface area contributed by atoms with Gasteiger partial charge in [-0.1, -0.05) is 37.3 Å². The van der Waals surface area contributed by atoms with E-state index in [2.05, 4.69) is 5.32 Å². The number of halogens is 1. The van der Waals surface area contributed by atoms with Crippen molar-refractivity contribution >= 4 is 27.5 Å². The third kappa shape index (κ3) is 8.00. The van der Waals surface area contributed by atoms with Crippen molar-refractivity contribution in [3.63, 3.8) is 0 Å². The molecule has 0 spiro atoms. The van der Waals surface area contributed by atoms with E-state index in [0.29, 0.717) is 11.3 Å². The Morgan fingerprint density at radius 1 is 0.929 bits per heavy atom. The molecule has 0 fully saturated rings. The Bertz CT molecular complexity index is 1470. The molecule has 0 bridgehead atoms. The molecule has 3 rings (SSSR count). The molecule has 226 valence electrons. The van der Waals surface area contributed by atoms with Gasteiger partial charge in [-0.15, -0.1) is 0 Å². The van der Waals surface area contributed by atoms with Crippen molar-refractivity contribution < 1.29 is 31.9 Å². The predicted molar refractivity (Wildman–Crippen MR) is 159 cm³/mol. The fourth-order valence-corrected chi connectivity index (χ4v) is 5.81. The highest BCUT2D eigenvalue weighted by molar-refractivity contribution is 7.92. The summed E-state index contributed by atoms with van der Waals surface area (Å²) in [4.78, 5) is 28.8. The second-order valence-electron chi connectivity index (χ2n) is 10.7. The van der Waals surface area contributed by atoms with Crippen molar-refractivity contribution in [2.24, 2.45) is 0 Å². The monoisotopic (exact) mass is 599 g/mol. The maximum Gasteiger partial charge on any atom is 0.264 e. The Morgan fingerprint density at radius 2 is 1.55 bits per heavy atom. The summed E-state index contributed by atoms with van der Waals surface area (Å²) in [6, 6.07) is 17.0. The molecule has 0 radical (unpaired) electrons. The number of benzene rings is 3. The molecule has 1 N–H and O–H groups in total. The summed E-state index contributed by atoms with van der Waals surface area (Å²) in [7, 11) is -1.37. The van der Waals surface area contributed by atoms with E-state index in [0.717, 1.165) is 4.31 Å². The Hall–Kier alpha value is -4.12. The molecule has 0 aliphatic carbocycles. The van der Waals surface area contributed by atoms with E-state index in [1.54, 1.807) is 31.2 Å². The maximum atomic E-state index is 14.1. The first-order valence-electron chi connectivity index (χ1n) is 13.5. The van der Waals surface area contributed by atoms with Crippen LogP contribution in [0, 0.1) is 5.82 Å². The van der Waals surface area contributed by atoms with Gasteiger partial charge in [-0.2, -0.15) is 0 Å². The zero-order valence-corrected chi connectivity index (χ0v) is 25.6. The number of amides is 2. The van der Waals surface area contributed by atoms with Gasteiger partial charge < -0.3 is 19.7 Å². The van der Waals surface area contributed by atoms with E-state index in [9.17, 15) is 22.4 Å². The number of hydrogen-bond donors (Lipinski definition) is 1. The molecule has 0 aliphatic heterocycles. The van der Waals surface area contributed by atoms with Crippen LogP contribution in [0.5, 0.6) is 11.5 Å². The molecule has 1 atom stereocenters. The summed E-state index contributed by atoms with van der Waals surface area (Å²) in [5.74, 6) is -0.793. The molecule has 0 aromatic heterocycles. The molecule has 0 unspecified atom stereocenters. The first-order valence-corrected chi connectivity index (χ1v) is 14.9. The van der Waals surface area contributed by atoms with E-state index in [-0.39, 0.29) is 35.2 Å². The minimum atomic E-state index is -4.25. The van der Waals surface area contributed by atoms with Crippen LogP contribution < -0.4 is 19.1 Å². The molecule has 2 amide bonds. The molecule has 0 saturated carbocycles. The van der Waals surface area contributed by atoms with Crippen molar-refractivity contribution in [2.75, 3.05) is 25.1 Å². The first-order chi connectivity index (χ1) is 19.8. The van der Waals surface area contributed by atoms with Gasteiger partial charge in [0.15, 0.2) is 11.5 Å². The van der Waals surface area contributed by atoms with E-state index >= 15 is 0 Å². The van der Waals surface area contributed by atoms with E-state index in [4.69, 9.17) is 9.47 Å². The molecule has 3 aromatic rings. The van der Waals surface area contributed by atoms with Crippen LogP contribution in [0.2, 0.25) is 0 Å². The maximum absolute atomic E-state index is 14.1. The zero-order chi connectivity index (χ0) is 31.1. The normalized spacial score (nSPS) is 12.3. The van der Waals surface area contributed by atoms with Crippen molar-refractivity contribution in [3.8, 4) is 11.5 Å². The number of anilines is 1. The molecular formula is C31H38FN3O6S. The summed E-state index contributed by atoms with van der Waals surface area (Å²) in [5, 5.41) is 2.91. The molecule has 0 aliphatic rings. The molecular weight excluding hydrogens is 561 g/mol. The van der Waals surface area contributed by atoms with Gasteiger partial charge in [-0.3, -0.25) is 13.9 Å². The number of ether oxygens (including phenoxy) is 2. The van der Waals surface area contributed by atoms with Gasteiger partial charge in [0, 0.05) is 18.2 Å². The van der Waals surface area contributed by atoms with Gasteiger partial charge in [0.05, 0.1) is 24.8 Å². The standard InChI is InChI=1S/C31H38FN3O6S/c1-7-26(30(37)33-31(2,3)4)34(20-22-13-15-23(32)16-14-22)29(36)21-35(42(38,39)25-11-9-8-10-12-25)24-17-18-27(40-5)28(19-24)41-6/h8-19,26H,7,20-21H2,1-6H3,(H,33,37)/t26-/m0/s1. The van der Waals surface area contributed by atoms with Crippen molar-refractivity contribution in [2.45, 2.75) is 57.1 Å². The summed E-state index contributed by atoms with van der Waals surface area (Å²) >= 11 is 0. The van der Waals surface area contributed by atoms with Crippen LogP contribution in [0.4, 0.5) is 10.1 Å². The van der Waals surface area contributed by atoms with Gasteiger partial charge >= 0.3 is 0 Å². The highest BCUT2D eigenvalue weighted by Gasteiger charge is 2.35. The Balaban J connectivity index is 2.11. The minimum Gasteiger partial charge on any atom is -0.493 e. The summed E-state index contributed by atoms with van der Waals surface area (Å²) in [5.41, 5.74) is 0.173. The molecule has 0 heterocycles. The number of nitrogens with zero attached hydrogens (tertiary/aromatic N) is 2. The van der Waals surface area contributed by atoms with Gasteiger partial charge in [-0.25, -0.2) is 12.8 Å². The Labute approximate surface area is 247 Å². The SMILES string of the molecule is CC[C@@H](C(=O)NC(C)(C)C)N(Cc1ccc(F)cc1)C(=O)CN(c1ccc(OC)c(OC)c1)S(=O)(=O)c1ccccc1. The van der Waals surface area contributed by atoms with Crippen LogP contribution in [0.15, 0.2) is 77.7 Å². The van der Waals surface area contributed by atoms with E-state index in [1.165, 1.54) is 67.7 Å². The average molecular weight is 600 g/mol. The lowest BCUT2D eigenvalue weighted by Crippen LogP contribution is -2.55. The number of sulfonamides is 1. The molecule has 42 heavy (non-hydrogen) atoms. The van der Waals surface area contributed by atoms with Crippen molar-refractivity contribution in [1.82, 2.24) is 10.2 Å². The summed E-state index contributed by atoms with van der Waals surface area (Å²) in [6.07, 6.45) is 0.261. The first kappa shape index (κ1) is 32.4. The van der Waals surface area contributed by atoms with Gasteiger partial charge in [-0.05, 0) is 69.2 Å². The number of carbonyl (C=O) groups is 2. The number of carbonyl (C=O) groups excluding carboxylic acids is 2. The number of rotatable bonds is 12. The van der Waals surface area contributed by atoms with Crippen LogP contribution >= 0.6 is 0 Å². The quantitative estimate of drug-likeness (QED) is 0.322. The lowest BCUT2D eigenvalue weighted by Gasteiger charge is -2.34. The van der Waals surface area contributed by atoms with E-state index in [1.807, 2.05) is 20.8 Å². The van der Waals surface area contributed by atoms with Gasteiger partial charge in [0.2, 0.25) is 11.8 Å². The largest absolute Gasteiger partial charge is 0.493 e. The lowest BCUT2D eigenvalue weighted by molar-refractivity contribution is -0.141. The highest BCUT2D eigenvalue weighted by Crippen LogP contribution is 2.34. The molecule has 11 heteroatoms. The lowest BCUT2D eigenvalue weighted by atomic mass is 10.1. The van der Waals surface area contributed by atoms with Gasteiger partial charge in [0.25, 0.3) is 10.0 Å². The fraction of sp³-hybridized carbons (Fsp3) is 0.355.